The fraction of sp³-hybridized carbons (Fsp3) is 0.214. The van der Waals surface area contributed by atoms with Crippen LogP contribution in [-0.4, -0.2) is 46.1 Å². The molecular weight excluding hydrogens is 933 g/mol. The van der Waals surface area contributed by atoms with Crippen LogP contribution in [0.25, 0.3) is 0 Å². The van der Waals surface area contributed by atoms with E-state index in [1.54, 1.807) is 67.4 Å². The Morgan fingerprint density at radius 3 is 1.21 bits per heavy atom. The topological polar surface area (TPSA) is 113 Å². The van der Waals surface area contributed by atoms with Gasteiger partial charge < -0.3 is 0 Å². The molecule has 0 saturated carbocycles. The molecular formula is C56H56ClF3N12. The number of hydrazine groups is 4. The van der Waals surface area contributed by atoms with Crippen LogP contribution in [0.3, 0.4) is 0 Å². The second-order valence-electron chi connectivity index (χ2n) is 17.2. The minimum Gasteiger partial charge on any atom is -0.299 e. The summed E-state index contributed by atoms with van der Waals surface area (Å²) in [6.07, 6.45) is 16.5. The summed E-state index contributed by atoms with van der Waals surface area (Å²) in [6.45, 7) is 3.47. The lowest BCUT2D eigenvalue weighted by Gasteiger charge is -2.27. The normalized spacial score (nSPS) is 19.2. The molecule has 0 amide bonds. The molecule has 12 rings (SSSR count). The van der Waals surface area contributed by atoms with Gasteiger partial charge in [-0.1, -0.05) is 78.3 Å². The van der Waals surface area contributed by atoms with E-state index in [9.17, 15) is 13.2 Å². The summed E-state index contributed by atoms with van der Waals surface area (Å²) in [5.74, 6) is -0.625. The molecule has 8 aromatic rings. The molecule has 4 aliphatic rings. The zero-order chi connectivity index (χ0) is 49.5. The lowest BCUT2D eigenvalue weighted by Crippen LogP contribution is -2.33. The molecule has 4 atom stereocenters. The van der Waals surface area contributed by atoms with E-state index in [1.807, 2.05) is 118 Å². The average molecular weight is 990 g/mol. The monoisotopic (exact) mass is 988 g/mol. The fourth-order valence-electron chi connectivity index (χ4n) is 9.38. The smallest absolute Gasteiger partial charge is 0.147 e. The van der Waals surface area contributed by atoms with E-state index < -0.39 is 0 Å². The van der Waals surface area contributed by atoms with Crippen molar-refractivity contribution < 1.29 is 13.2 Å². The third-order valence-corrected chi connectivity index (χ3v) is 13.1. The van der Waals surface area contributed by atoms with E-state index in [0.29, 0.717) is 23.1 Å². The molecule has 72 heavy (non-hydrogen) atoms. The predicted octanol–water partition coefficient (Wildman–Crippen LogP) is 11.2. The Morgan fingerprint density at radius 2 is 0.778 bits per heavy atom. The molecule has 0 spiro atoms. The number of rotatable bonds is 8. The third-order valence-electron chi connectivity index (χ3n) is 12.8. The standard InChI is InChI=1S/C14H14ClN3.3C14H14FN3/c15-12-5-1-2-6-14(12)18-13(7-9-17-18)11-4-3-8-16-10-11;15-11-5-1-2-7-13(11)18-14(8-10-17-18)12-6-3-4-9-16-12;15-12-5-1-2-6-14(12)18-13(7-9-17-18)11-4-3-8-16-10-11;15-12-3-1-2-4-14(12)18-13(7-10-17-18)11-5-8-16-9-6-11/h1-6,8,10,13,17H,7,9H2;1-7,9,14,17H,8,10H2;1-6,8,10,13,17H,7,9H2;1-6,8-9,13,17H,7,10H2. The molecule has 4 aromatic carbocycles. The van der Waals surface area contributed by atoms with Crippen molar-refractivity contribution in [3.63, 3.8) is 0 Å². The summed E-state index contributed by atoms with van der Waals surface area (Å²) in [4.78, 5) is 16.7. The molecule has 8 heterocycles. The zero-order valence-electron chi connectivity index (χ0n) is 39.5. The maximum atomic E-state index is 13.8. The summed E-state index contributed by atoms with van der Waals surface area (Å²) in [5, 5.41) is 8.58. The molecule has 4 aliphatic heterocycles. The Bertz CT molecular complexity index is 2520. The largest absolute Gasteiger partial charge is 0.299 e. The summed E-state index contributed by atoms with van der Waals surface area (Å²) in [5.41, 5.74) is 20.3. The van der Waals surface area contributed by atoms with Gasteiger partial charge in [-0.2, -0.15) is 0 Å². The molecule has 4 unspecified atom stereocenters. The highest BCUT2D eigenvalue weighted by Gasteiger charge is 2.31. The number of halogens is 4. The zero-order valence-corrected chi connectivity index (χ0v) is 40.3. The first-order valence-electron chi connectivity index (χ1n) is 24.1. The number of pyridine rings is 4. The third kappa shape index (κ3) is 12.0. The van der Waals surface area contributed by atoms with E-state index in [2.05, 4.69) is 52.7 Å². The van der Waals surface area contributed by atoms with Crippen molar-refractivity contribution in [3.8, 4) is 0 Å². The molecule has 4 N–H and O–H groups in total. The highest BCUT2D eigenvalue weighted by Crippen LogP contribution is 2.37. The van der Waals surface area contributed by atoms with E-state index in [-0.39, 0.29) is 35.6 Å². The lowest BCUT2D eigenvalue weighted by molar-refractivity contribution is 0.593. The van der Waals surface area contributed by atoms with Gasteiger partial charge in [0.05, 0.1) is 57.6 Å². The summed E-state index contributed by atoms with van der Waals surface area (Å²) in [7, 11) is 0. The molecule has 0 aliphatic carbocycles. The molecule has 4 fully saturated rings. The van der Waals surface area contributed by atoms with Crippen molar-refractivity contribution in [1.82, 2.24) is 41.6 Å². The lowest BCUT2D eigenvalue weighted by atomic mass is 10.1. The van der Waals surface area contributed by atoms with Gasteiger partial charge in [-0.05, 0) is 127 Å². The molecule has 0 radical (unpaired) electrons. The van der Waals surface area contributed by atoms with Crippen LogP contribution in [-0.2, 0) is 0 Å². The van der Waals surface area contributed by atoms with Crippen molar-refractivity contribution in [2.24, 2.45) is 0 Å². The molecule has 4 aromatic heterocycles. The van der Waals surface area contributed by atoms with E-state index in [4.69, 9.17) is 11.6 Å². The van der Waals surface area contributed by atoms with Crippen molar-refractivity contribution in [2.45, 2.75) is 49.9 Å². The Labute approximate surface area is 423 Å². The van der Waals surface area contributed by atoms with Gasteiger partial charge >= 0.3 is 0 Å². The number of hydrogen-bond acceptors (Lipinski definition) is 12. The van der Waals surface area contributed by atoms with Gasteiger partial charge in [0.2, 0.25) is 0 Å². The highest BCUT2D eigenvalue weighted by atomic mass is 35.5. The first-order valence-corrected chi connectivity index (χ1v) is 24.5. The van der Waals surface area contributed by atoms with Gasteiger partial charge in [0.1, 0.15) is 17.5 Å². The van der Waals surface area contributed by atoms with Crippen LogP contribution in [0.4, 0.5) is 35.9 Å². The number of hydrogen-bond donors (Lipinski definition) is 4. The molecule has 12 nitrogen and oxygen atoms in total. The molecule has 4 saturated heterocycles. The SMILES string of the molecule is Clc1ccccc1N1NCCC1c1cccnc1.Fc1ccccc1N1NCCC1c1ccccn1.Fc1ccccc1N1NCCC1c1cccnc1.Fc1ccccc1N1NCCC1c1ccncc1. The second-order valence-corrected chi connectivity index (χ2v) is 17.7. The van der Waals surface area contributed by atoms with E-state index in [1.165, 1.54) is 23.8 Å². The fourth-order valence-corrected chi connectivity index (χ4v) is 9.60. The van der Waals surface area contributed by atoms with E-state index in [0.717, 1.165) is 79.4 Å². The summed E-state index contributed by atoms with van der Waals surface area (Å²) in [6, 6.07) is 46.8. The number of aromatic nitrogens is 4. The minimum absolute atomic E-state index is 0.0862. The Balaban J connectivity index is 0.000000119. The van der Waals surface area contributed by atoms with Gasteiger partial charge in [-0.25, -0.2) is 34.9 Å². The molecule has 368 valence electrons. The number of nitrogens with zero attached hydrogens (tertiary/aromatic N) is 8. The predicted molar refractivity (Wildman–Crippen MR) is 279 cm³/mol. The Kier molecular flexibility index (Phi) is 17.0. The maximum absolute atomic E-state index is 13.8. The highest BCUT2D eigenvalue weighted by molar-refractivity contribution is 6.33. The number of para-hydroxylation sites is 4. The Morgan fingerprint density at radius 1 is 0.375 bits per heavy atom. The van der Waals surface area contributed by atoms with Crippen LogP contribution < -0.4 is 41.7 Å². The average Bonchev–Trinajstić information content (AvgIpc) is 4.30. The van der Waals surface area contributed by atoms with Gasteiger partial charge in [0.15, 0.2) is 0 Å². The number of anilines is 4. The van der Waals surface area contributed by atoms with Crippen LogP contribution in [0.15, 0.2) is 195 Å². The van der Waals surface area contributed by atoms with Crippen LogP contribution in [0.1, 0.15) is 72.2 Å². The summed E-state index contributed by atoms with van der Waals surface area (Å²) >= 11 is 6.26. The quantitative estimate of drug-likeness (QED) is 0.116. The minimum atomic E-state index is -0.215. The van der Waals surface area contributed by atoms with Crippen LogP contribution in [0, 0.1) is 17.5 Å². The molecule has 0 bridgehead atoms. The van der Waals surface area contributed by atoms with Gasteiger partial charge in [-0.3, -0.25) is 40.0 Å². The van der Waals surface area contributed by atoms with Gasteiger partial charge in [0.25, 0.3) is 0 Å². The first kappa shape index (κ1) is 49.6. The van der Waals surface area contributed by atoms with Crippen LogP contribution in [0.5, 0.6) is 0 Å². The Hall–Kier alpha value is -7.40. The maximum Gasteiger partial charge on any atom is 0.147 e. The molecule has 16 heteroatoms. The van der Waals surface area contributed by atoms with Crippen LogP contribution >= 0.6 is 11.6 Å². The van der Waals surface area contributed by atoms with Crippen molar-refractivity contribution in [3.05, 3.63) is 240 Å². The van der Waals surface area contributed by atoms with Crippen molar-refractivity contribution in [2.75, 3.05) is 46.2 Å². The first-order chi connectivity index (χ1) is 35.4. The van der Waals surface area contributed by atoms with Crippen molar-refractivity contribution in [1.29, 1.82) is 0 Å². The number of benzene rings is 4. The van der Waals surface area contributed by atoms with Crippen LogP contribution in [0.2, 0.25) is 5.02 Å². The van der Waals surface area contributed by atoms with Gasteiger partial charge in [-0.15, -0.1) is 0 Å². The van der Waals surface area contributed by atoms with E-state index >= 15 is 0 Å². The van der Waals surface area contributed by atoms with Gasteiger partial charge in [0, 0.05) is 69.6 Å². The number of nitrogens with one attached hydrogen (secondary N) is 4. The summed E-state index contributed by atoms with van der Waals surface area (Å²) < 4.78 is 41.5. The second kappa shape index (κ2) is 24.6. The van der Waals surface area contributed by atoms with Crippen molar-refractivity contribution >= 4 is 34.4 Å².